The Morgan fingerprint density at radius 1 is 1.06 bits per heavy atom. The van der Waals surface area contributed by atoms with Crippen molar-refractivity contribution in [3.63, 3.8) is 0 Å². The van der Waals surface area contributed by atoms with Crippen LogP contribution in [0.3, 0.4) is 0 Å². The normalized spacial score (nSPS) is 11.4. The maximum absolute atomic E-state index is 13.4. The summed E-state index contributed by atoms with van der Waals surface area (Å²) >= 11 is 1.05. The van der Waals surface area contributed by atoms with E-state index in [-0.39, 0.29) is 15.5 Å². The topological polar surface area (TPSA) is 88.5 Å². The number of aromatic nitrogens is 1. The number of nitrogens with zero attached hydrogens (tertiary/aromatic N) is 2. The summed E-state index contributed by atoms with van der Waals surface area (Å²) in [5.41, 5.74) is 1.32. The molecule has 0 radical (unpaired) electrons. The molecule has 0 aliphatic heterocycles. The lowest BCUT2D eigenvalue weighted by atomic mass is 10.3. The fourth-order valence-electron chi connectivity index (χ4n) is 3.18. The number of halogens is 1. The third-order valence-corrected chi connectivity index (χ3v) is 7.59. The van der Waals surface area contributed by atoms with Crippen LogP contribution in [-0.4, -0.2) is 25.4 Å². The molecule has 7 nitrogen and oxygen atoms in total. The van der Waals surface area contributed by atoms with Crippen LogP contribution in [0.1, 0.15) is 0 Å². The van der Waals surface area contributed by atoms with E-state index >= 15 is 0 Å². The lowest BCUT2D eigenvalue weighted by Gasteiger charge is -2.24. The molecule has 0 aliphatic rings. The minimum Gasteiger partial charge on any atom is -0.324 e. The molecule has 1 N–H and O–H groups in total. The highest BCUT2D eigenvalue weighted by Crippen LogP contribution is 2.25. The summed E-state index contributed by atoms with van der Waals surface area (Å²) in [6.45, 7) is -0.522. The number of hydrogen-bond donors (Lipinski definition) is 1. The second kappa shape index (κ2) is 8.56. The number of carbonyl (C=O) groups excluding carboxylic acids is 1. The molecule has 0 saturated carbocycles. The number of nitrogens with one attached hydrogen (secondary N) is 1. The maximum Gasteiger partial charge on any atom is 0.307 e. The number of amides is 1. The first-order chi connectivity index (χ1) is 15.3. The second-order valence-corrected chi connectivity index (χ2v) is 9.81. The van der Waals surface area contributed by atoms with E-state index in [4.69, 9.17) is 0 Å². The monoisotopic (exact) mass is 471 g/mol. The van der Waals surface area contributed by atoms with Crippen LogP contribution in [0.5, 0.6) is 0 Å². The van der Waals surface area contributed by atoms with Gasteiger partial charge in [-0.15, -0.1) is 0 Å². The Labute approximate surface area is 187 Å². The summed E-state index contributed by atoms with van der Waals surface area (Å²) in [4.78, 5) is 24.5. The van der Waals surface area contributed by atoms with E-state index in [1.54, 1.807) is 43.4 Å². The highest BCUT2D eigenvalue weighted by molar-refractivity contribution is 7.92. The Bertz CT molecular complexity index is 1450. The quantitative estimate of drug-likeness (QED) is 0.466. The third-order valence-electron chi connectivity index (χ3n) is 4.81. The summed E-state index contributed by atoms with van der Waals surface area (Å²) in [7, 11) is -2.42. The number of thiazole rings is 1. The van der Waals surface area contributed by atoms with Gasteiger partial charge < -0.3 is 9.88 Å². The molecule has 10 heteroatoms. The van der Waals surface area contributed by atoms with Crippen LogP contribution in [0.4, 0.5) is 15.8 Å². The van der Waals surface area contributed by atoms with E-state index in [1.807, 2.05) is 0 Å². The molecule has 4 rings (SSSR count). The average Bonchev–Trinajstić information content (AvgIpc) is 3.06. The lowest BCUT2D eigenvalue weighted by Crippen LogP contribution is -2.38. The maximum atomic E-state index is 13.4. The Hall–Kier alpha value is -3.50. The second-order valence-electron chi connectivity index (χ2n) is 6.96. The van der Waals surface area contributed by atoms with Gasteiger partial charge in [-0.2, -0.15) is 0 Å². The zero-order valence-corrected chi connectivity index (χ0v) is 18.5. The van der Waals surface area contributed by atoms with Gasteiger partial charge in [0.15, 0.2) is 0 Å². The van der Waals surface area contributed by atoms with E-state index in [1.165, 1.54) is 28.8 Å². The number of rotatable bonds is 6. The largest absolute Gasteiger partial charge is 0.324 e. The SMILES string of the molecule is Cn1c(=O)sc2cc(NC(=O)CN(c3ccc(F)cc3)S(=O)(=O)c3ccccc3)ccc21. The first-order valence-electron chi connectivity index (χ1n) is 9.48. The molecule has 0 fully saturated rings. The molecule has 0 bridgehead atoms. The standard InChI is InChI=1S/C22H18FN3O4S2/c1-25-19-12-9-16(13-20(19)31-22(25)28)24-21(27)14-26(17-10-7-15(23)8-11-17)32(29,30)18-5-3-2-4-6-18/h2-13H,14H2,1H3,(H,24,27). The van der Waals surface area contributed by atoms with Gasteiger partial charge in [-0.1, -0.05) is 29.5 Å². The number of fused-ring (bicyclic) bond motifs is 1. The van der Waals surface area contributed by atoms with Crippen molar-refractivity contribution in [2.24, 2.45) is 7.05 Å². The number of sulfonamides is 1. The predicted molar refractivity (Wildman–Crippen MR) is 123 cm³/mol. The van der Waals surface area contributed by atoms with Gasteiger partial charge in [0.25, 0.3) is 10.0 Å². The van der Waals surface area contributed by atoms with Crippen molar-refractivity contribution in [2.75, 3.05) is 16.2 Å². The van der Waals surface area contributed by atoms with Gasteiger partial charge in [0, 0.05) is 12.7 Å². The summed E-state index contributed by atoms with van der Waals surface area (Å²) in [5.74, 6) is -1.11. The van der Waals surface area contributed by atoms with Crippen molar-refractivity contribution < 1.29 is 17.6 Å². The van der Waals surface area contributed by atoms with Crippen molar-refractivity contribution in [1.29, 1.82) is 0 Å². The minimum atomic E-state index is -4.08. The highest BCUT2D eigenvalue weighted by atomic mass is 32.2. The summed E-state index contributed by atoms with van der Waals surface area (Å²) in [6, 6.07) is 17.6. The molecule has 1 heterocycles. The van der Waals surface area contributed by atoms with E-state index in [0.29, 0.717) is 10.4 Å². The van der Waals surface area contributed by atoms with Gasteiger partial charge in [0.05, 0.1) is 20.8 Å². The zero-order chi connectivity index (χ0) is 22.9. The van der Waals surface area contributed by atoms with Crippen LogP contribution in [0, 0.1) is 5.82 Å². The number of hydrogen-bond acceptors (Lipinski definition) is 5. The Morgan fingerprint density at radius 2 is 1.75 bits per heavy atom. The van der Waals surface area contributed by atoms with Gasteiger partial charge in [0.2, 0.25) is 5.91 Å². The predicted octanol–water partition coefficient (Wildman–Crippen LogP) is 3.57. The van der Waals surface area contributed by atoms with E-state index in [9.17, 15) is 22.4 Å². The molecular weight excluding hydrogens is 453 g/mol. The fraction of sp³-hybridized carbons (Fsp3) is 0.0909. The summed E-state index contributed by atoms with van der Waals surface area (Å²) in [6.07, 6.45) is 0. The van der Waals surface area contributed by atoms with Gasteiger partial charge in [-0.05, 0) is 54.6 Å². The fourth-order valence-corrected chi connectivity index (χ4v) is 5.55. The van der Waals surface area contributed by atoms with Crippen LogP contribution in [-0.2, 0) is 21.9 Å². The van der Waals surface area contributed by atoms with Crippen LogP contribution in [0.2, 0.25) is 0 Å². The third kappa shape index (κ3) is 4.27. The first-order valence-corrected chi connectivity index (χ1v) is 11.7. The molecule has 3 aromatic carbocycles. The van der Waals surface area contributed by atoms with Crippen molar-refractivity contribution in [3.05, 3.63) is 88.3 Å². The summed E-state index contributed by atoms with van der Waals surface area (Å²) in [5, 5.41) is 2.67. The number of benzene rings is 3. The smallest absolute Gasteiger partial charge is 0.307 e. The van der Waals surface area contributed by atoms with Crippen molar-refractivity contribution in [2.45, 2.75) is 4.90 Å². The summed E-state index contributed by atoms with van der Waals surface area (Å²) < 4.78 is 43.0. The Morgan fingerprint density at radius 3 is 2.44 bits per heavy atom. The molecule has 0 atom stereocenters. The zero-order valence-electron chi connectivity index (χ0n) is 16.9. The van der Waals surface area contributed by atoms with E-state index < -0.39 is 28.3 Å². The molecular formula is C22H18FN3O4S2. The number of carbonyl (C=O) groups is 1. The minimum absolute atomic E-state index is 0.00704. The molecule has 1 aromatic heterocycles. The van der Waals surface area contributed by atoms with Crippen molar-refractivity contribution in [3.8, 4) is 0 Å². The Balaban J connectivity index is 1.64. The van der Waals surface area contributed by atoms with Crippen LogP contribution >= 0.6 is 11.3 Å². The molecule has 4 aromatic rings. The number of aryl methyl sites for hydroxylation is 1. The molecule has 164 valence electrons. The van der Waals surface area contributed by atoms with Gasteiger partial charge >= 0.3 is 4.87 Å². The molecule has 0 unspecified atom stereocenters. The van der Waals surface area contributed by atoms with Crippen LogP contribution < -0.4 is 14.5 Å². The molecule has 0 spiro atoms. The first kappa shape index (κ1) is 21.7. The molecule has 1 amide bonds. The van der Waals surface area contributed by atoms with E-state index in [2.05, 4.69) is 5.32 Å². The Kier molecular flexibility index (Phi) is 5.81. The van der Waals surface area contributed by atoms with E-state index in [0.717, 1.165) is 33.3 Å². The van der Waals surface area contributed by atoms with Crippen molar-refractivity contribution >= 4 is 48.9 Å². The van der Waals surface area contributed by atoms with Gasteiger partial charge in [-0.3, -0.25) is 13.9 Å². The lowest BCUT2D eigenvalue weighted by molar-refractivity contribution is -0.114. The van der Waals surface area contributed by atoms with Gasteiger partial charge in [-0.25, -0.2) is 12.8 Å². The van der Waals surface area contributed by atoms with Crippen LogP contribution in [0.15, 0.2) is 82.5 Å². The number of anilines is 2. The van der Waals surface area contributed by atoms with Crippen molar-refractivity contribution in [1.82, 2.24) is 4.57 Å². The average molecular weight is 472 g/mol. The van der Waals surface area contributed by atoms with Gasteiger partial charge in [0.1, 0.15) is 12.4 Å². The molecule has 32 heavy (non-hydrogen) atoms. The highest BCUT2D eigenvalue weighted by Gasteiger charge is 2.27. The molecule has 0 saturated heterocycles. The molecule has 0 aliphatic carbocycles. The van der Waals surface area contributed by atoms with Crippen LogP contribution in [0.25, 0.3) is 10.2 Å².